The molecular formula is C19H34N2O. The minimum Gasteiger partial charge on any atom is -0.273 e. The van der Waals surface area contributed by atoms with Crippen molar-refractivity contribution in [2.45, 2.75) is 73.1 Å². The lowest BCUT2D eigenvalue weighted by Crippen LogP contribution is -2.34. The molecule has 0 bridgehead atoms. The van der Waals surface area contributed by atoms with Crippen LogP contribution in [0.15, 0.2) is 5.10 Å². The van der Waals surface area contributed by atoms with Crippen LogP contribution in [0, 0.1) is 35.5 Å². The number of carbonyl (C=O) groups excluding carboxylic acids is 1. The van der Waals surface area contributed by atoms with E-state index in [0.717, 1.165) is 30.4 Å². The molecule has 2 rings (SSSR count). The van der Waals surface area contributed by atoms with Crippen LogP contribution in [0.4, 0.5) is 0 Å². The van der Waals surface area contributed by atoms with E-state index in [0.29, 0.717) is 17.8 Å². The van der Waals surface area contributed by atoms with Crippen molar-refractivity contribution in [1.29, 1.82) is 0 Å². The molecule has 0 spiro atoms. The second kappa shape index (κ2) is 7.61. The number of nitrogens with one attached hydrogen (secondary N) is 1. The van der Waals surface area contributed by atoms with Gasteiger partial charge in [-0.25, -0.2) is 5.43 Å². The van der Waals surface area contributed by atoms with Crippen LogP contribution in [0.1, 0.15) is 73.1 Å². The summed E-state index contributed by atoms with van der Waals surface area (Å²) in [7, 11) is 0. The highest BCUT2D eigenvalue weighted by Gasteiger charge is 2.30. The fraction of sp³-hybridized carbons (Fsp3) is 0.895. The highest BCUT2D eigenvalue weighted by Crippen LogP contribution is 2.35. The van der Waals surface area contributed by atoms with Crippen molar-refractivity contribution >= 4 is 11.6 Å². The van der Waals surface area contributed by atoms with Crippen LogP contribution in [-0.4, -0.2) is 11.6 Å². The molecule has 2 aliphatic carbocycles. The van der Waals surface area contributed by atoms with E-state index in [1.165, 1.54) is 25.7 Å². The van der Waals surface area contributed by atoms with Gasteiger partial charge in [-0.15, -0.1) is 0 Å². The molecular weight excluding hydrogens is 272 g/mol. The summed E-state index contributed by atoms with van der Waals surface area (Å²) in [5, 5.41) is 4.46. The second-order valence-electron chi connectivity index (χ2n) is 8.20. The molecule has 22 heavy (non-hydrogen) atoms. The van der Waals surface area contributed by atoms with Crippen molar-refractivity contribution in [3.63, 3.8) is 0 Å². The van der Waals surface area contributed by atoms with Crippen LogP contribution in [0.25, 0.3) is 0 Å². The molecule has 6 unspecified atom stereocenters. The van der Waals surface area contributed by atoms with E-state index in [9.17, 15) is 4.79 Å². The minimum atomic E-state index is 0.134. The number of carbonyl (C=O) groups is 1. The number of hydrogen-bond donors (Lipinski definition) is 1. The van der Waals surface area contributed by atoms with Gasteiger partial charge in [0.05, 0.1) is 0 Å². The summed E-state index contributed by atoms with van der Waals surface area (Å²) < 4.78 is 0. The molecule has 1 N–H and O–H groups in total. The largest absolute Gasteiger partial charge is 0.273 e. The van der Waals surface area contributed by atoms with Crippen LogP contribution >= 0.6 is 0 Å². The first kappa shape index (κ1) is 17.5. The van der Waals surface area contributed by atoms with Crippen LogP contribution in [0.3, 0.4) is 0 Å². The van der Waals surface area contributed by atoms with Gasteiger partial charge in [-0.1, -0.05) is 34.1 Å². The molecule has 3 nitrogen and oxygen atoms in total. The maximum atomic E-state index is 12.4. The fourth-order valence-electron chi connectivity index (χ4n) is 4.39. The van der Waals surface area contributed by atoms with Crippen LogP contribution in [0.2, 0.25) is 0 Å². The average Bonchev–Trinajstić information content (AvgIpc) is 2.47. The summed E-state index contributed by atoms with van der Waals surface area (Å²) in [5.41, 5.74) is 3.98. The molecule has 2 aliphatic rings. The zero-order valence-electron chi connectivity index (χ0n) is 15.1. The Hall–Kier alpha value is -0.860. The normalized spacial score (nSPS) is 40.3. The van der Waals surface area contributed by atoms with Crippen molar-refractivity contribution < 1.29 is 4.79 Å². The number of hydrogen-bond acceptors (Lipinski definition) is 2. The van der Waals surface area contributed by atoms with Crippen molar-refractivity contribution in [2.24, 2.45) is 40.6 Å². The minimum absolute atomic E-state index is 0.134. The van der Waals surface area contributed by atoms with Crippen molar-refractivity contribution in [3.05, 3.63) is 0 Å². The summed E-state index contributed by atoms with van der Waals surface area (Å²) in [6, 6.07) is 0. The van der Waals surface area contributed by atoms with Gasteiger partial charge in [0.15, 0.2) is 0 Å². The molecule has 1 amide bonds. The Bertz CT molecular complexity index is 418. The topological polar surface area (TPSA) is 41.5 Å². The lowest BCUT2D eigenvalue weighted by atomic mass is 9.74. The van der Waals surface area contributed by atoms with Crippen molar-refractivity contribution in [3.8, 4) is 0 Å². The van der Waals surface area contributed by atoms with Gasteiger partial charge in [-0.2, -0.15) is 5.10 Å². The van der Waals surface area contributed by atoms with Gasteiger partial charge in [-0.05, 0) is 62.7 Å². The predicted molar refractivity (Wildman–Crippen MR) is 92.6 cm³/mol. The van der Waals surface area contributed by atoms with E-state index >= 15 is 0 Å². The van der Waals surface area contributed by atoms with E-state index < -0.39 is 0 Å². The van der Waals surface area contributed by atoms with Crippen LogP contribution in [-0.2, 0) is 4.79 Å². The van der Waals surface area contributed by atoms with Gasteiger partial charge in [0.25, 0.3) is 0 Å². The Kier molecular flexibility index (Phi) is 6.05. The van der Waals surface area contributed by atoms with Crippen molar-refractivity contribution in [1.82, 2.24) is 5.43 Å². The molecule has 2 saturated carbocycles. The number of nitrogens with zero attached hydrogens (tertiary/aromatic N) is 1. The Morgan fingerprint density at radius 1 is 0.909 bits per heavy atom. The standard InChI is InChI=1S/C19H34N2O/c1-12-6-9-18(15(4)10-12)16(5)20-21-19(22)17-8-7-13(2)14(3)11-17/h12-15,17-18H,6-11H2,1-5H3,(H,21,22)/b20-16+. The second-order valence-corrected chi connectivity index (χ2v) is 8.20. The molecule has 0 heterocycles. The first-order valence-electron chi connectivity index (χ1n) is 9.22. The third-order valence-corrected chi connectivity index (χ3v) is 6.28. The summed E-state index contributed by atoms with van der Waals surface area (Å²) in [6.07, 6.45) is 6.98. The summed E-state index contributed by atoms with van der Waals surface area (Å²) in [5.74, 6) is 3.75. The molecule has 2 fully saturated rings. The smallest absolute Gasteiger partial charge is 0.243 e. The Morgan fingerprint density at radius 2 is 1.64 bits per heavy atom. The van der Waals surface area contributed by atoms with Gasteiger partial charge in [-0.3, -0.25) is 4.79 Å². The molecule has 0 aromatic carbocycles. The molecule has 3 heteroatoms. The first-order valence-corrected chi connectivity index (χ1v) is 9.22. The van der Waals surface area contributed by atoms with Gasteiger partial charge in [0, 0.05) is 17.5 Å². The van der Waals surface area contributed by atoms with Crippen LogP contribution < -0.4 is 5.43 Å². The SMILES string of the molecule is C/C(=N\NC(=O)C1CCC(C)C(C)C1)C1CCC(C)CC1C. The summed E-state index contributed by atoms with van der Waals surface area (Å²) in [6.45, 7) is 11.3. The number of rotatable bonds is 3. The zero-order chi connectivity index (χ0) is 16.3. The van der Waals surface area contributed by atoms with E-state index in [1.807, 2.05) is 0 Å². The highest BCUT2D eigenvalue weighted by molar-refractivity contribution is 5.87. The average molecular weight is 306 g/mol. The van der Waals surface area contributed by atoms with E-state index in [2.05, 4.69) is 45.1 Å². The third kappa shape index (κ3) is 4.33. The monoisotopic (exact) mass is 306 g/mol. The van der Waals surface area contributed by atoms with Gasteiger partial charge >= 0.3 is 0 Å². The van der Waals surface area contributed by atoms with E-state index in [4.69, 9.17) is 0 Å². The molecule has 0 aromatic rings. The van der Waals surface area contributed by atoms with Crippen LogP contribution in [0.5, 0.6) is 0 Å². The Labute approximate surface area is 136 Å². The molecule has 0 aliphatic heterocycles. The summed E-state index contributed by atoms with van der Waals surface area (Å²) in [4.78, 5) is 12.4. The van der Waals surface area contributed by atoms with E-state index in [1.54, 1.807) is 0 Å². The molecule has 0 radical (unpaired) electrons. The van der Waals surface area contributed by atoms with Crippen molar-refractivity contribution in [2.75, 3.05) is 0 Å². The molecule has 6 atom stereocenters. The lowest BCUT2D eigenvalue weighted by molar-refractivity contribution is -0.126. The fourth-order valence-corrected chi connectivity index (χ4v) is 4.39. The molecule has 0 aromatic heterocycles. The van der Waals surface area contributed by atoms with Gasteiger partial charge < -0.3 is 0 Å². The molecule has 126 valence electrons. The van der Waals surface area contributed by atoms with Gasteiger partial charge in [0.2, 0.25) is 5.91 Å². The van der Waals surface area contributed by atoms with Gasteiger partial charge in [0.1, 0.15) is 0 Å². The first-order chi connectivity index (χ1) is 10.4. The Morgan fingerprint density at radius 3 is 2.27 bits per heavy atom. The zero-order valence-corrected chi connectivity index (χ0v) is 15.1. The molecule has 0 saturated heterocycles. The maximum Gasteiger partial charge on any atom is 0.243 e. The third-order valence-electron chi connectivity index (χ3n) is 6.28. The number of amides is 1. The lowest BCUT2D eigenvalue weighted by Gasteiger charge is -2.33. The summed E-state index contributed by atoms with van der Waals surface area (Å²) >= 11 is 0. The predicted octanol–water partition coefficient (Wildman–Crippen LogP) is 4.62. The maximum absolute atomic E-state index is 12.4. The number of hydrazone groups is 1. The quantitative estimate of drug-likeness (QED) is 0.600. The Balaban J connectivity index is 1.86. The highest BCUT2D eigenvalue weighted by atomic mass is 16.2. The van der Waals surface area contributed by atoms with E-state index in [-0.39, 0.29) is 11.8 Å².